The van der Waals surface area contributed by atoms with Gasteiger partial charge in [-0.2, -0.15) is 4.98 Å². The van der Waals surface area contributed by atoms with Gasteiger partial charge in [0.1, 0.15) is 0 Å². The van der Waals surface area contributed by atoms with Gasteiger partial charge >= 0.3 is 5.97 Å². The third-order valence-corrected chi connectivity index (χ3v) is 2.78. The van der Waals surface area contributed by atoms with Crippen LogP contribution in [-0.4, -0.2) is 42.3 Å². The predicted molar refractivity (Wildman–Crippen MR) is 65.4 cm³/mol. The van der Waals surface area contributed by atoms with Gasteiger partial charge in [0.15, 0.2) is 11.2 Å². The van der Waals surface area contributed by atoms with E-state index >= 15 is 0 Å². The van der Waals surface area contributed by atoms with Crippen LogP contribution in [0.5, 0.6) is 0 Å². The highest BCUT2D eigenvalue weighted by molar-refractivity contribution is 5.71. The summed E-state index contributed by atoms with van der Waals surface area (Å²) in [6.07, 6.45) is 1.59. The van der Waals surface area contributed by atoms with Gasteiger partial charge in [0.2, 0.25) is 5.95 Å². The number of aromatic amines is 1. The smallest absolute Gasteiger partial charge is 0.308 e. The van der Waals surface area contributed by atoms with Gasteiger partial charge in [0, 0.05) is 6.54 Å². The molecule has 0 bridgehead atoms. The van der Waals surface area contributed by atoms with E-state index in [0.717, 1.165) is 0 Å². The Kier molecular flexibility index (Phi) is 3.47. The molecule has 5 N–H and O–H groups in total. The van der Waals surface area contributed by atoms with Crippen molar-refractivity contribution in [3.05, 3.63) is 16.7 Å². The van der Waals surface area contributed by atoms with E-state index in [9.17, 15) is 9.59 Å². The standard InChI is InChI=1S/C10H13N5O4/c11-10-13-7-6(8(17)14-10)12-4-15(7)2-1-5(3-16)9(18)19/h4-5,16H,1-3H2,(H,18,19)(H3,11,13,14,17). The summed E-state index contributed by atoms with van der Waals surface area (Å²) in [7, 11) is 0. The summed E-state index contributed by atoms with van der Waals surface area (Å²) >= 11 is 0. The number of carboxylic acid groups (broad SMARTS) is 1. The lowest BCUT2D eigenvalue weighted by Gasteiger charge is -2.09. The molecule has 9 nitrogen and oxygen atoms in total. The molecular formula is C10H13N5O4. The van der Waals surface area contributed by atoms with E-state index in [0.29, 0.717) is 5.65 Å². The normalized spacial score (nSPS) is 12.7. The van der Waals surface area contributed by atoms with Gasteiger partial charge in [-0.25, -0.2) is 4.98 Å². The van der Waals surface area contributed by atoms with Crippen molar-refractivity contribution in [2.45, 2.75) is 13.0 Å². The van der Waals surface area contributed by atoms with Crippen LogP contribution < -0.4 is 11.3 Å². The first-order valence-corrected chi connectivity index (χ1v) is 5.57. The average molecular weight is 267 g/mol. The van der Waals surface area contributed by atoms with Gasteiger partial charge in [-0.3, -0.25) is 14.6 Å². The zero-order chi connectivity index (χ0) is 14.0. The van der Waals surface area contributed by atoms with Crippen LogP contribution in [0, 0.1) is 5.92 Å². The number of carbonyl (C=O) groups is 1. The van der Waals surface area contributed by atoms with Crippen LogP contribution in [0.2, 0.25) is 0 Å². The molecule has 1 atom stereocenters. The summed E-state index contributed by atoms with van der Waals surface area (Å²) in [5.41, 5.74) is 5.43. The largest absolute Gasteiger partial charge is 0.481 e. The number of aryl methyl sites for hydroxylation is 1. The summed E-state index contributed by atoms with van der Waals surface area (Å²) in [5.74, 6) is -1.97. The van der Waals surface area contributed by atoms with Crippen LogP contribution in [0.15, 0.2) is 11.1 Å². The monoisotopic (exact) mass is 267 g/mol. The summed E-state index contributed by atoms with van der Waals surface area (Å²) in [5, 5.41) is 17.8. The molecule has 2 rings (SSSR count). The molecule has 0 fully saturated rings. The Morgan fingerprint density at radius 3 is 2.95 bits per heavy atom. The second-order valence-electron chi connectivity index (χ2n) is 4.07. The summed E-state index contributed by atoms with van der Waals surface area (Å²) in [6.45, 7) is -0.179. The lowest BCUT2D eigenvalue weighted by Crippen LogP contribution is -2.20. The molecule has 0 spiro atoms. The van der Waals surface area contributed by atoms with Gasteiger partial charge < -0.3 is 20.5 Å². The Morgan fingerprint density at radius 2 is 2.32 bits per heavy atom. The van der Waals surface area contributed by atoms with E-state index in [1.807, 2.05) is 0 Å². The van der Waals surface area contributed by atoms with E-state index in [1.54, 1.807) is 0 Å². The fourth-order valence-corrected chi connectivity index (χ4v) is 1.72. The van der Waals surface area contributed by atoms with Crippen LogP contribution >= 0.6 is 0 Å². The molecule has 0 radical (unpaired) electrons. The first-order chi connectivity index (χ1) is 9.02. The Hall–Kier alpha value is -2.42. The van der Waals surface area contributed by atoms with Gasteiger partial charge in [-0.1, -0.05) is 0 Å². The topological polar surface area (TPSA) is 147 Å². The van der Waals surface area contributed by atoms with E-state index in [1.165, 1.54) is 10.9 Å². The number of fused-ring (bicyclic) bond motifs is 1. The zero-order valence-electron chi connectivity index (χ0n) is 9.91. The third-order valence-electron chi connectivity index (χ3n) is 2.78. The average Bonchev–Trinajstić information content (AvgIpc) is 2.73. The fraction of sp³-hybridized carbons (Fsp3) is 0.400. The molecule has 2 heterocycles. The Morgan fingerprint density at radius 1 is 1.58 bits per heavy atom. The number of H-pyrrole nitrogens is 1. The van der Waals surface area contributed by atoms with Crippen molar-refractivity contribution >= 4 is 23.1 Å². The Balaban J connectivity index is 2.27. The highest BCUT2D eigenvalue weighted by Gasteiger charge is 2.17. The maximum absolute atomic E-state index is 11.5. The van der Waals surface area contributed by atoms with Crippen molar-refractivity contribution in [3.63, 3.8) is 0 Å². The molecule has 1 unspecified atom stereocenters. The first kappa shape index (κ1) is 13.0. The number of hydrogen-bond donors (Lipinski definition) is 4. The maximum atomic E-state index is 11.5. The van der Waals surface area contributed by atoms with Crippen molar-refractivity contribution in [1.29, 1.82) is 0 Å². The van der Waals surface area contributed by atoms with Gasteiger partial charge in [0.25, 0.3) is 5.56 Å². The number of nitrogens with two attached hydrogens (primary N) is 1. The van der Waals surface area contributed by atoms with Crippen molar-refractivity contribution in [3.8, 4) is 0 Å². The summed E-state index contributed by atoms with van der Waals surface area (Å²) < 4.78 is 1.53. The minimum absolute atomic E-state index is 0.0313. The van der Waals surface area contributed by atoms with E-state index < -0.39 is 24.1 Å². The maximum Gasteiger partial charge on any atom is 0.308 e. The molecule has 0 aliphatic rings. The minimum atomic E-state index is -1.07. The first-order valence-electron chi connectivity index (χ1n) is 5.57. The minimum Gasteiger partial charge on any atom is -0.481 e. The van der Waals surface area contributed by atoms with Crippen LogP contribution in [0.4, 0.5) is 5.95 Å². The fourth-order valence-electron chi connectivity index (χ4n) is 1.72. The SMILES string of the molecule is Nc1nc2c(ncn2CCC(CO)C(=O)O)c(=O)[nH]1. The van der Waals surface area contributed by atoms with Gasteiger partial charge in [-0.15, -0.1) is 0 Å². The zero-order valence-corrected chi connectivity index (χ0v) is 9.91. The molecule has 2 aromatic rings. The van der Waals surface area contributed by atoms with Crippen LogP contribution in [0.1, 0.15) is 6.42 Å². The highest BCUT2D eigenvalue weighted by atomic mass is 16.4. The number of rotatable bonds is 5. The van der Waals surface area contributed by atoms with Crippen LogP contribution in [-0.2, 0) is 11.3 Å². The number of nitrogens with zero attached hydrogens (tertiary/aromatic N) is 3. The summed E-state index contributed by atoms with van der Waals surface area (Å²) in [6, 6.07) is 0. The number of nitrogens with one attached hydrogen (secondary N) is 1. The summed E-state index contributed by atoms with van der Waals surface area (Å²) in [4.78, 5) is 32.5. The molecule has 2 aromatic heterocycles. The number of aliphatic hydroxyl groups is 1. The van der Waals surface area contributed by atoms with Gasteiger partial charge in [0.05, 0.1) is 18.9 Å². The van der Waals surface area contributed by atoms with Crippen molar-refractivity contribution < 1.29 is 15.0 Å². The number of aromatic nitrogens is 4. The molecule has 0 saturated heterocycles. The number of aliphatic hydroxyl groups excluding tert-OH is 1. The number of imidazole rings is 1. The number of anilines is 1. The molecule has 0 aliphatic carbocycles. The van der Waals surface area contributed by atoms with Crippen molar-refractivity contribution in [2.75, 3.05) is 12.3 Å². The molecule has 19 heavy (non-hydrogen) atoms. The van der Waals surface area contributed by atoms with E-state index in [-0.39, 0.29) is 24.4 Å². The lowest BCUT2D eigenvalue weighted by atomic mass is 10.1. The predicted octanol–water partition coefficient (Wildman–Crippen LogP) is -1.22. The Labute approximate surface area is 106 Å². The van der Waals surface area contributed by atoms with Gasteiger partial charge in [-0.05, 0) is 6.42 Å². The quantitative estimate of drug-likeness (QED) is 0.531. The van der Waals surface area contributed by atoms with Crippen molar-refractivity contribution in [1.82, 2.24) is 19.5 Å². The number of hydrogen-bond acceptors (Lipinski definition) is 6. The van der Waals surface area contributed by atoms with Crippen molar-refractivity contribution in [2.24, 2.45) is 5.92 Å². The molecule has 0 saturated carbocycles. The molecule has 0 aliphatic heterocycles. The van der Waals surface area contributed by atoms with E-state index in [2.05, 4.69) is 15.0 Å². The lowest BCUT2D eigenvalue weighted by molar-refractivity contribution is -0.143. The van der Waals surface area contributed by atoms with Crippen LogP contribution in [0.25, 0.3) is 11.2 Å². The number of carboxylic acids is 1. The second kappa shape index (κ2) is 5.06. The molecule has 0 amide bonds. The second-order valence-corrected chi connectivity index (χ2v) is 4.07. The molecule has 9 heteroatoms. The third kappa shape index (κ3) is 2.55. The molecule has 0 aromatic carbocycles. The number of aliphatic carboxylic acids is 1. The number of nitrogen functional groups attached to an aromatic ring is 1. The van der Waals surface area contributed by atoms with Crippen LogP contribution in [0.3, 0.4) is 0 Å². The highest BCUT2D eigenvalue weighted by Crippen LogP contribution is 2.10. The Bertz CT molecular complexity index is 661. The van der Waals surface area contributed by atoms with E-state index in [4.69, 9.17) is 15.9 Å². The molecular weight excluding hydrogens is 254 g/mol. The molecule has 102 valence electrons.